The van der Waals surface area contributed by atoms with Crippen LogP contribution in [0.2, 0.25) is 0 Å². The Hall–Kier alpha value is -5.00. The first-order valence-electron chi connectivity index (χ1n) is 17.9. The van der Waals surface area contributed by atoms with Crippen molar-refractivity contribution in [1.29, 1.82) is 0 Å². The molecule has 3 aliphatic rings. The molecule has 7 aromatic rings. The lowest BCUT2D eigenvalue weighted by atomic mass is 9.44. The molecule has 0 saturated heterocycles. The molecule has 0 unspecified atom stereocenters. The summed E-state index contributed by atoms with van der Waals surface area (Å²) in [4.78, 5) is 7.21. The number of fused-ring (bicyclic) bond motifs is 5. The van der Waals surface area contributed by atoms with Crippen molar-refractivity contribution in [1.82, 2.24) is 4.98 Å². The zero-order valence-corrected chi connectivity index (χ0v) is 30.1. The van der Waals surface area contributed by atoms with E-state index in [9.17, 15) is 0 Å². The Kier molecular flexibility index (Phi) is 6.28. The molecule has 242 valence electrons. The van der Waals surface area contributed by atoms with Gasteiger partial charge in [0.25, 0.3) is 0 Å². The summed E-state index contributed by atoms with van der Waals surface area (Å²) < 4.78 is 3.98. The monoisotopic (exact) mass is 664 g/mol. The van der Waals surface area contributed by atoms with Crippen LogP contribution < -0.4 is 20.3 Å². The maximum absolute atomic E-state index is 4.60. The van der Waals surface area contributed by atoms with Gasteiger partial charge >= 0.3 is 6.85 Å². The summed E-state index contributed by atoms with van der Waals surface area (Å²) in [6.45, 7) is 12.1. The normalized spacial score (nSPS) is 16.2. The van der Waals surface area contributed by atoms with E-state index in [0.29, 0.717) is 0 Å². The molecule has 2 aromatic heterocycles. The lowest BCUT2D eigenvalue weighted by Gasteiger charge is -2.44. The second-order valence-electron chi connectivity index (χ2n) is 15.8. The van der Waals surface area contributed by atoms with Crippen LogP contribution in [0.3, 0.4) is 0 Å². The minimum absolute atomic E-state index is 0.0146. The van der Waals surface area contributed by atoms with Gasteiger partial charge in [0.05, 0.1) is 16.8 Å². The number of aryl methyl sites for hydroxylation is 1. The first kappa shape index (κ1) is 29.9. The summed E-state index contributed by atoms with van der Waals surface area (Å²) in [7, 11) is 0. The standard InChI is InChI=1S/C45H39BN3S/c1-28-23-33-32-17-11-19-40-42(32)49(43(50-40)30-15-12-22-47-27-30)46-36-25-34-35(45(4,5)21-20-44(34,2)3)26-38(36)48(39(24-28)41(33)46)37-18-10-9-16-31(37)29-13-7-6-8-14-29/h6-19,22-27H,20-21H2,1-5H3/q+1. The van der Waals surface area contributed by atoms with Crippen LogP contribution in [0, 0.1) is 6.92 Å². The fourth-order valence-electron chi connectivity index (χ4n) is 9.11. The number of pyridine rings is 1. The van der Waals surface area contributed by atoms with Crippen molar-refractivity contribution < 1.29 is 4.48 Å². The molecule has 0 N–H and O–H groups in total. The Balaban J connectivity index is 1.38. The van der Waals surface area contributed by atoms with Crippen molar-refractivity contribution >= 4 is 56.4 Å². The molecular formula is C45H39BN3S+. The van der Waals surface area contributed by atoms with Crippen molar-refractivity contribution in [3.63, 3.8) is 0 Å². The molecule has 3 nitrogen and oxygen atoms in total. The van der Waals surface area contributed by atoms with Crippen molar-refractivity contribution in [3.8, 4) is 32.8 Å². The van der Waals surface area contributed by atoms with Crippen molar-refractivity contribution in [3.05, 3.63) is 138 Å². The number of nitrogens with zero attached hydrogens (tertiary/aromatic N) is 3. The van der Waals surface area contributed by atoms with E-state index in [0.717, 1.165) is 5.56 Å². The lowest BCUT2D eigenvalue weighted by Crippen LogP contribution is -2.70. The largest absolute Gasteiger partial charge is 0.565 e. The number of rotatable bonds is 3. The molecule has 10 rings (SSSR count). The third-order valence-corrected chi connectivity index (χ3v) is 12.9. The molecule has 5 heteroatoms. The van der Waals surface area contributed by atoms with E-state index in [2.05, 4.69) is 158 Å². The van der Waals surface area contributed by atoms with Gasteiger partial charge in [0.2, 0.25) is 10.5 Å². The molecule has 0 fully saturated rings. The highest BCUT2D eigenvalue weighted by molar-refractivity contribution is 7.21. The fraction of sp³-hybridized carbons (Fsp3) is 0.200. The van der Waals surface area contributed by atoms with E-state index in [4.69, 9.17) is 0 Å². The maximum Gasteiger partial charge on any atom is 0.565 e. The van der Waals surface area contributed by atoms with Crippen LogP contribution in [0.1, 0.15) is 57.2 Å². The SMILES string of the molecule is Cc1cc2c3c(c1)N(c1ccccc1-c1ccccc1)c1cc4c(cc1B3[n+]1c(-c3cccnc3)sc3cccc-2c31)C(C)(C)CCC4(C)C. The molecule has 4 heterocycles. The molecule has 5 aromatic carbocycles. The molecule has 0 spiro atoms. The van der Waals surface area contributed by atoms with Crippen LogP contribution in [0.25, 0.3) is 43.0 Å². The molecule has 2 aliphatic heterocycles. The Bertz CT molecular complexity index is 2510. The third-order valence-electron chi connectivity index (χ3n) is 11.7. The number of thiazole rings is 1. The molecule has 50 heavy (non-hydrogen) atoms. The van der Waals surface area contributed by atoms with Gasteiger partial charge in [-0.05, 0) is 101 Å². The minimum Gasteiger partial charge on any atom is -0.310 e. The molecule has 0 radical (unpaired) electrons. The van der Waals surface area contributed by atoms with Crippen molar-refractivity contribution in [2.45, 2.75) is 58.3 Å². The first-order valence-corrected chi connectivity index (χ1v) is 18.7. The topological polar surface area (TPSA) is 20.0 Å². The van der Waals surface area contributed by atoms with Crippen molar-refractivity contribution in [2.24, 2.45) is 0 Å². The summed E-state index contributed by atoms with van der Waals surface area (Å²) in [6.07, 6.45) is 6.26. The molecule has 1 aliphatic carbocycles. The number of benzene rings is 5. The van der Waals surface area contributed by atoms with E-state index in [-0.39, 0.29) is 17.7 Å². The second-order valence-corrected chi connectivity index (χ2v) is 16.8. The minimum atomic E-state index is 0.0146. The van der Waals surface area contributed by atoms with Crippen molar-refractivity contribution in [2.75, 3.05) is 4.90 Å². The fourth-order valence-corrected chi connectivity index (χ4v) is 10.3. The molecular weight excluding hydrogens is 625 g/mol. The van der Waals surface area contributed by atoms with E-state index < -0.39 is 0 Å². The predicted molar refractivity (Wildman–Crippen MR) is 211 cm³/mol. The number of hydrogen-bond acceptors (Lipinski definition) is 3. The van der Waals surface area contributed by atoms with Gasteiger partial charge in [0.15, 0.2) is 0 Å². The van der Waals surface area contributed by atoms with Crippen LogP contribution >= 0.6 is 11.3 Å². The molecule has 0 saturated carbocycles. The summed E-state index contributed by atoms with van der Waals surface area (Å²) in [6, 6.07) is 41.1. The van der Waals surface area contributed by atoms with Crippen LogP contribution in [-0.2, 0) is 10.8 Å². The zero-order chi connectivity index (χ0) is 33.9. The third kappa shape index (κ3) is 4.16. The van der Waals surface area contributed by atoms with Gasteiger partial charge in [-0.3, -0.25) is 9.46 Å². The molecule has 0 bridgehead atoms. The van der Waals surface area contributed by atoms with Crippen LogP contribution in [-0.4, -0.2) is 11.8 Å². The van der Waals surface area contributed by atoms with Gasteiger partial charge in [-0.25, -0.2) is 0 Å². The van der Waals surface area contributed by atoms with Crippen LogP contribution in [0.5, 0.6) is 0 Å². The summed E-state index contributed by atoms with van der Waals surface area (Å²) in [5.41, 5.74) is 18.5. The van der Waals surface area contributed by atoms with E-state index in [1.165, 1.54) is 95.0 Å². The highest BCUT2D eigenvalue weighted by Gasteiger charge is 2.53. The quantitative estimate of drug-likeness (QED) is 0.175. The van der Waals surface area contributed by atoms with Gasteiger partial charge in [0, 0.05) is 40.3 Å². The van der Waals surface area contributed by atoms with Gasteiger partial charge in [0.1, 0.15) is 4.70 Å². The highest BCUT2D eigenvalue weighted by atomic mass is 32.1. The first-order chi connectivity index (χ1) is 24.2. The second kappa shape index (κ2) is 10.5. The Morgan fingerprint density at radius 2 is 1.40 bits per heavy atom. The summed E-state index contributed by atoms with van der Waals surface area (Å²) in [5.74, 6) is 0. The maximum atomic E-state index is 4.60. The highest BCUT2D eigenvalue weighted by Crippen LogP contribution is 2.51. The zero-order valence-electron chi connectivity index (χ0n) is 29.3. The number of anilines is 3. The predicted octanol–water partition coefficient (Wildman–Crippen LogP) is 9.99. The Morgan fingerprint density at radius 1 is 0.680 bits per heavy atom. The number of hydrogen-bond donors (Lipinski definition) is 0. The summed E-state index contributed by atoms with van der Waals surface area (Å²) in [5, 5.41) is 1.25. The van der Waals surface area contributed by atoms with E-state index >= 15 is 0 Å². The molecule has 0 atom stereocenters. The van der Waals surface area contributed by atoms with Crippen LogP contribution in [0.4, 0.5) is 17.1 Å². The Morgan fingerprint density at radius 3 is 2.18 bits per heavy atom. The van der Waals surface area contributed by atoms with E-state index in [1.54, 1.807) is 0 Å². The van der Waals surface area contributed by atoms with Gasteiger partial charge in [-0.15, -0.1) is 0 Å². The molecule has 0 amide bonds. The number of aromatic nitrogens is 2. The average Bonchev–Trinajstić information content (AvgIpc) is 3.52. The summed E-state index contributed by atoms with van der Waals surface area (Å²) >= 11 is 1.89. The smallest absolute Gasteiger partial charge is 0.310 e. The van der Waals surface area contributed by atoms with Gasteiger partial charge in [-0.1, -0.05) is 106 Å². The average molecular weight is 665 g/mol. The lowest BCUT2D eigenvalue weighted by molar-refractivity contribution is -0.485. The van der Waals surface area contributed by atoms with Gasteiger partial charge < -0.3 is 4.90 Å². The van der Waals surface area contributed by atoms with Crippen LogP contribution in [0.15, 0.2) is 122 Å². The van der Waals surface area contributed by atoms with E-state index in [1.807, 2.05) is 23.7 Å². The number of para-hydroxylation sites is 2. The Labute approximate surface area is 299 Å². The van der Waals surface area contributed by atoms with Gasteiger partial charge in [-0.2, -0.15) is 0 Å².